The van der Waals surface area contributed by atoms with Crippen LogP contribution in [0.15, 0.2) is 29.6 Å². The smallest absolute Gasteiger partial charge is 0.256 e. The predicted molar refractivity (Wildman–Crippen MR) is 100 cm³/mol. The first-order valence-electron chi connectivity index (χ1n) is 8.76. The number of hydrogen-bond acceptors (Lipinski definition) is 6. The Morgan fingerprint density at radius 3 is 2.77 bits per heavy atom. The van der Waals surface area contributed by atoms with Gasteiger partial charge in [0.15, 0.2) is 11.5 Å². The van der Waals surface area contributed by atoms with Crippen molar-refractivity contribution in [1.82, 2.24) is 9.97 Å². The van der Waals surface area contributed by atoms with E-state index in [2.05, 4.69) is 15.3 Å². The molecule has 1 saturated carbocycles. The Hall–Kier alpha value is -2.28. The van der Waals surface area contributed by atoms with Gasteiger partial charge in [0.2, 0.25) is 0 Å². The Bertz CT molecular complexity index is 843. The lowest BCUT2D eigenvalue weighted by atomic mass is 9.84. The Morgan fingerprint density at radius 1 is 1.15 bits per heavy atom. The fraction of sp³-hybridized carbons (Fsp3) is 0.421. The summed E-state index contributed by atoms with van der Waals surface area (Å²) in [5, 5.41) is 4.56. The highest BCUT2D eigenvalue weighted by atomic mass is 32.2. The number of anilines is 1. The van der Waals surface area contributed by atoms with Crippen molar-refractivity contribution in [3.63, 3.8) is 0 Å². The molecule has 0 radical (unpaired) electrons. The van der Waals surface area contributed by atoms with Crippen molar-refractivity contribution in [2.24, 2.45) is 0 Å². The first-order chi connectivity index (χ1) is 12.7. The monoisotopic (exact) mass is 371 g/mol. The van der Waals surface area contributed by atoms with E-state index < -0.39 is 0 Å². The van der Waals surface area contributed by atoms with E-state index in [1.807, 2.05) is 11.8 Å². The third-order valence-corrected chi connectivity index (χ3v) is 6.48. The molecule has 1 aliphatic heterocycles. The lowest BCUT2D eigenvalue weighted by Crippen LogP contribution is -2.19. The number of nitrogens with zero attached hydrogens (tertiary/aromatic N) is 2. The average molecular weight is 371 g/mol. The summed E-state index contributed by atoms with van der Waals surface area (Å²) in [6.07, 6.45) is 6.36. The predicted octanol–water partition coefficient (Wildman–Crippen LogP) is 3.88. The molecule has 2 heterocycles. The number of ether oxygens (including phenoxy) is 2. The lowest BCUT2D eigenvalue weighted by Gasteiger charge is -2.25. The van der Waals surface area contributed by atoms with Gasteiger partial charge in [0.25, 0.3) is 5.91 Å². The van der Waals surface area contributed by atoms with E-state index in [9.17, 15) is 4.79 Å². The molecule has 2 atom stereocenters. The minimum Gasteiger partial charge on any atom is -0.493 e. The molecule has 136 valence electrons. The molecular formula is C19H21N3O3S. The summed E-state index contributed by atoms with van der Waals surface area (Å²) in [7, 11) is 3.12. The zero-order valence-electron chi connectivity index (χ0n) is 14.8. The maximum absolute atomic E-state index is 12.8. The van der Waals surface area contributed by atoms with E-state index in [0.717, 1.165) is 17.0 Å². The van der Waals surface area contributed by atoms with Crippen LogP contribution in [0, 0.1) is 0 Å². The van der Waals surface area contributed by atoms with Crippen LogP contribution < -0.4 is 14.8 Å². The van der Waals surface area contributed by atoms with Crippen molar-refractivity contribution in [3.05, 3.63) is 35.7 Å². The zero-order chi connectivity index (χ0) is 18.1. The van der Waals surface area contributed by atoms with Crippen LogP contribution in [0.3, 0.4) is 0 Å². The topological polar surface area (TPSA) is 73.3 Å². The Balaban J connectivity index is 1.61. The molecule has 0 saturated heterocycles. The van der Waals surface area contributed by atoms with Crippen LogP contribution in [0.5, 0.6) is 11.5 Å². The second-order valence-corrected chi connectivity index (χ2v) is 7.74. The summed E-state index contributed by atoms with van der Waals surface area (Å²) >= 11 is 1.83. The second kappa shape index (κ2) is 7.15. The molecule has 1 aliphatic carbocycles. The highest BCUT2D eigenvalue weighted by Crippen LogP contribution is 2.52. The van der Waals surface area contributed by atoms with Crippen LogP contribution in [0.2, 0.25) is 0 Å². The molecule has 6 nitrogen and oxygen atoms in total. The third kappa shape index (κ3) is 3.00. The molecule has 2 aliphatic rings. The van der Waals surface area contributed by atoms with Crippen molar-refractivity contribution in [2.75, 3.05) is 19.5 Å². The SMILES string of the molecule is COc1ccc(C(=O)Nc2ncnc3c2C2CCCCC2S3)cc1OC. The molecule has 0 spiro atoms. The molecule has 1 aromatic heterocycles. The Kier molecular flexibility index (Phi) is 4.72. The van der Waals surface area contributed by atoms with Crippen LogP contribution in [-0.2, 0) is 0 Å². The number of hydrogen-bond donors (Lipinski definition) is 1. The van der Waals surface area contributed by atoms with Gasteiger partial charge in [-0.25, -0.2) is 9.97 Å². The highest BCUT2D eigenvalue weighted by molar-refractivity contribution is 8.00. The summed E-state index contributed by atoms with van der Waals surface area (Å²) in [5.41, 5.74) is 1.61. The van der Waals surface area contributed by atoms with Crippen LogP contribution in [0.25, 0.3) is 0 Å². The molecule has 0 bridgehead atoms. The number of amides is 1. The van der Waals surface area contributed by atoms with Crippen molar-refractivity contribution in [3.8, 4) is 11.5 Å². The van der Waals surface area contributed by atoms with Gasteiger partial charge in [0.1, 0.15) is 17.2 Å². The number of carbonyl (C=O) groups is 1. The van der Waals surface area contributed by atoms with Crippen molar-refractivity contribution < 1.29 is 14.3 Å². The molecule has 7 heteroatoms. The number of fused-ring (bicyclic) bond motifs is 3. The van der Waals surface area contributed by atoms with E-state index in [0.29, 0.717) is 34.0 Å². The van der Waals surface area contributed by atoms with E-state index in [1.165, 1.54) is 25.6 Å². The van der Waals surface area contributed by atoms with E-state index >= 15 is 0 Å². The minimum atomic E-state index is -0.212. The molecule has 1 fully saturated rings. The summed E-state index contributed by atoms with van der Waals surface area (Å²) in [4.78, 5) is 21.6. The van der Waals surface area contributed by atoms with Gasteiger partial charge in [-0.15, -0.1) is 11.8 Å². The minimum absolute atomic E-state index is 0.212. The number of benzene rings is 1. The first-order valence-corrected chi connectivity index (χ1v) is 9.64. The van der Waals surface area contributed by atoms with Crippen LogP contribution >= 0.6 is 11.8 Å². The number of nitrogens with one attached hydrogen (secondary N) is 1. The molecular weight excluding hydrogens is 350 g/mol. The highest BCUT2D eigenvalue weighted by Gasteiger charge is 2.38. The van der Waals surface area contributed by atoms with E-state index in [1.54, 1.807) is 32.4 Å². The Labute approximate surface area is 156 Å². The summed E-state index contributed by atoms with van der Waals surface area (Å²) in [5.74, 6) is 1.97. The molecule has 4 rings (SSSR count). The molecule has 1 N–H and O–H groups in total. The summed E-state index contributed by atoms with van der Waals surface area (Å²) < 4.78 is 10.5. The van der Waals surface area contributed by atoms with E-state index in [4.69, 9.17) is 9.47 Å². The van der Waals surface area contributed by atoms with E-state index in [-0.39, 0.29) is 5.91 Å². The third-order valence-electron chi connectivity index (χ3n) is 5.06. The fourth-order valence-corrected chi connectivity index (χ4v) is 5.27. The van der Waals surface area contributed by atoms with Gasteiger partial charge in [-0.2, -0.15) is 0 Å². The molecule has 1 amide bonds. The molecule has 26 heavy (non-hydrogen) atoms. The quantitative estimate of drug-likeness (QED) is 0.822. The maximum Gasteiger partial charge on any atom is 0.256 e. The van der Waals surface area contributed by atoms with Crippen molar-refractivity contribution >= 4 is 23.5 Å². The number of aromatic nitrogens is 2. The number of rotatable bonds is 4. The van der Waals surface area contributed by atoms with Gasteiger partial charge in [-0.05, 0) is 31.0 Å². The van der Waals surface area contributed by atoms with Crippen LogP contribution in [0.1, 0.15) is 47.5 Å². The van der Waals surface area contributed by atoms with Gasteiger partial charge < -0.3 is 14.8 Å². The van der Waals surface area contributed by atoms with Gasteiger partial charge >= 0.3 is 0 Å². The Morgan fingerprint density at radius 2 is 1.96 bits per heavy atom. The number of carbonyl (C=O) groups excluding carboxylic acids is 1. The maximum atomic E-state index is 12.8. The molecule has 2 unspecified atom stereocenters. The second-order valence-electron chi connectivity index (χ2n) is 6.51. The van der Waals surface area contributed by atoms with Crippen LogP contribution in [-0.4, -0.2) is 35.3 Å². The van der Waals surface area contributed by atoms with Gasteiger partial charge in [0.05, 0.1) is 14.2 Å². The van der Waals surface area contributed by atoms with Gasteiger partial charge in [0, 0.05) is 22.3 Å². The van der Waals surface area contributed by atoms with Crippen molar-refractivity contribution in [2.45, 2.75) is 41.9 Å². The largest absolute Gasteiger partial charge is 0.493 e. The number of thioether (sulfide) groups is 1. The van der Waals surface area contributed by atoms with Gasteiger partial charge in [-0.3, -0.25) is 4.79 Å². The standard InChI is InChI=1S/C19H21N3O3S/c1-24-13-8-7-11(9-14(13)25-2)18(23)22-17-16-12-5-3-4-6-15(12)26-19(16)21-10-20-17/h7-10,12,15H,3-6H2,1-2H3,(H,20,21,22,23). The summed E-state index contributed by atoms with van der Waals surface area (Å²) in [6.45, 7) is 0. The van der Waals surface area contributed by atoms with Gasteiger partial charge in [-0.1, -0.05) is 12.8 Å². The van der Waals surface area contributed by atoms with Crippen molar-refractivity contribution in [1.29, 1.82) is 0 Å². The zero-order valence-corrected chi connectivity index (χ0v) is 15.6. The average Bonchev–Trinajstić information content (AvgIpc) is 3.07. The summed E-state index contributed by atoms with van der Waals surface area (Å²) in [6, 6.07) is 5.12. The van der Waals surface area contributed by atoms with Crippen LogP contribution in [0.4, 0.5) is 5.82 Å². The molecule has 2 aromatic rings. The first kappa shape index (κ1) is 17.1. The number of methoxy groups -OCH3 is 2. The lowest BCUT2D eigenvalue weighted by molar-refractivity contribution is 0.102. The normalized spacial score (nSPS) is 20.8. The fourth-order valence-electron chi connectivity index (χ4n) is 3.78. The molecule has 1 aromatic carbocycles.